The maximum Gasteiger partial charge on any atom is 0.311 e. The number of nitro benzene ring substituents is 1. The van der Waals surface area contributed by atoms with Crippen LogP contribution in [-0.2, 0) is 0 Å². The third-order valence-corrected chi connectivity index (χ3v) is 7.69. The van der Waals surface area contributed by atoms with Gasteiger partial charge in [-0.15, -0.1) is 5.10 Å². The summed E-state index contributed by atoms with van der Waals surface area (Å²) in [6.45, 7) is 0. The van der Waals surface area contributed by atoms with Crippen molar-refractivity contribution in [2.45, 2.75) is 0 Å². The minimum absolute atomic E-state index is 0.134. The van der Waals surface area contributed by atoms with Gasteiger partial charge in [-0.05, 0) is 54.1 Å². The summed E-state index contributed by atoms with van der Waals surface area (Å²) < 4.78 is 19.1. The van der Waals surface area contributed by atoms with E-state index in [9.17, 15) is 14.9 Å². The number of nitro groups is 1. The monoisotopic (exact) mass is 608 g/mol. The van der Waals surface area contributed by atoms with Crippen LogP contribution in [0.15, 0.2) is 77.7 Å². The molecule has 0 unspecified atom stereocenters. The first-order valence-corrected chi connectivity index (χ1v) is 14.0. The summed E-state index contributed by atoms with van der Waals surface area (Å²) in [6, 6.07) is 19.5. The third-order valence-electron chi connectivity index (χ3n) is 6.73. The van der Waals surface area contributed by atoms with Crippen LogP contribution < -0.4 is 24.3 Å². The van der Waals surface area contributed by atoms with E-state index in [4.69, 9.17) is 19.3 Å². The number of methoxy groups -OCH3 is 3. The van der Waals surface area contributed by atoms with Crippen molar-refractivity contribution < 1.29 is 19.1 Å². The highest BCUT2D eigenvalue weighted by Crippen LogP contribution is 2.33. The van der Waals surface area contributed by atoms with Crippen LogP contribution in [-0.4, -0.2) is 50.6 Å². The van der Waals surface area contributed by atoms with Gasteiger partial charge < -0.3 is 14.2 Å². The van der Waals surface area contributed by atoms with Crippen LogP contribution in [0.5, 0.6) is 17.2 Å². The van der Waals surface area contributed by atoms with Gasteiger partial charge in [0.25, 0.3) is 5.56 Å². The molecule has 0 atom stereocenters. The quantitative estimate of drug-likeness (QED) is 0.170. The fraction of sp³-hybridized carbons (Fsp3) is 0.0968. The molecular weight excluding hydrogens is 584 g/mol. The van der Waals surface area contributed by atoms with E-state index in [0.29, 0.717) is 43.6 Å². The zero-order valence-corrected chi connectivity index (χ0v) is 24.5. The number of thiazole rings is 1. The average Bonchev–Trinajstić information content (AvgIpc) is 3.74. The van der Waals surface area contributed by atoms with Gasteiger partial charge in [0.05, 0.1) is 36.5 Å². The molecule has 220 valence electrons. The molecule has 0 spiro atoms. The number of hydrogen-bond donors (Lipinski definition) is 0. The molecule has 0 N–H and O–H groups in total. The van der Waals surface area contributed by atoms with Gasteiger partial charge in [0.1, 0.15) is 5.69 Å². The Labute approximate surface area is 253 Å². The largest absolute Gasteiger partial charge is 0.493 e. The van der Waals surface area contributed by atoms with Gasteiger partial charge in [-0.1, -0.05) is 41.7 Å². The van der Waals surface area contributed by atoms with Gasteiger partial charge in [0, 0.05) is 23.4 Å². The Morgan fingerprint density at radius 3 is 2.34 bits per heavy atom. The van der Waals surface area contributed by atoms with E-state index >= 15 is 0 Å². The van der Waals surface area contributed by atoms with Crippen LogP contribution in [0.25, 0.3) is 40.1 Å². The van der Waals surface area contributed by atoms with Crippen molar-refractivity contribution in [1.82, 2.24) is 24.4 Å². The molecule has 0 amide bonds. The normalized spacial score (nSPS) is 11.8. The molecular formula is C31H24N6O6S. The molecule has 0 radical (unpaired) electrons. The van der Waals surface area contributed by atoms with Gasteiger partial charge in [0.15, 0.2) is 23.1 Å². The molecule has 3 aromatic carbocycles. The summed E-state index contributed by atoms with van der Waals surface area (Å²) >= 11 is 1.18. The Hall–Kier alpha value is -5.82. The number of hydrogen-bond acceptors (Lipinski definition) is 10. The van der Waals surface area contributed by atoms with E-state index in [2.05, 4.69) is 10.1 Å². The number of aromatic nitrogens is 5. The summed E-state index contributed by atoms with van der Waals surface area (Å²) in [5, 5.41) is 20.8. The number of ether oxygens (including phenoxy) is 3. The molecule has 0 aliphatic heterocycles. The molecule has 6 rings (SSSR count). The minimum atomic E-state index is -0.507. The van der Waals surface area contributed by atoms with Crippen molar-refractivity contribution in [1.29, 1.82) is 0 Å². The molecule has 3 aromatic heterocycles. The second-order valence-electron chi connectivity index (χ2n) is 9.38. The van der Waals surface area contributed by atoms with Gasteiger partial charge in [-0.2, -0.15) is 14.6 Å². The van der Waals surface area contributed by atoms with Gasteiger partial charge >= 0.3 is 5.69 Å². The molecule has 0 aliphatic carbocycles. The SMILES string of the molecule is COc1ccc(/C=C/c2nc3s/c(=C\c4cn(-c5ccccc5)nc4-c4ccc(OC)c([N+](=O)[O-])c4)c(=O)n3n2)cc1OC. The number of para-hydroxylation sites is 1. The predicted octanol–water partition coefficient (Wildman–Crippen LogP) is 4.66. The molecule has 0 aliphatic rings. The van der Waals surface area contributed by atoms with E-state index in [1.807, 2.05) is 48.5 Å². The van der Waals surface area contributed by atoms with E-state index in [1.54, 1.807) is 49.4 Å². The molecule has 0 fully saturated rings. The lowest BCUT2D eigenvalue weighted by atomic mass is 10.1. The number of fused-ring (bicyclic) bond motifs is 1. The van der Waals surface area contributed by atoms with Gasteiger partial charge in [0.2, 0.25) is 4.96 Å². The number of nitrogens with zero attached hydrogens (tertiary/aromatic N) is 6. The van der Waals surface area contributed by atoms with Crippen molar-refractivity contribution in [2.24, 2.45) is 0 Å². The second kappa shape index (κ2) is 11.8. The summed E-state index contributed by atoms with van der Waals surface area (Å²) in [6.07, 6.45) is 6.99. The average molecular weight is 609 g/mol. The molecule has 0 saturated carbocycles. The summed E-state index contributed by atoms with van der Waals surface area (Å²) in [4.78, 5) is 29.5. The van der Waals surface area contributed by atoms with Crippen LogP contribution in [0.3, 0.4) is 0 Å². The zero-order valence-electron chi connectivity index (χ0n) is 23.7. The number of benzene rings is 3. The molecule has 44 heavy (non-hydrogen) atoms. The Balaban J connectivity index is 1.40. The zero-order chi connectivity index (χ0) is 30.8. The summed E-state index contributed by atoms with van der Waals surface area (Å²) in [7, 11) is 4.51. The first-order chi connectivity index (χ1) is 21.4. The lowest BCUT2D eigenvalue weighted by Crippen LogP contribution is -2.23. The Bertz CT molecular complexity index is 2150. The van der Waals surface area contributed by atoms with E-state index in [1.165, 1.54) is 35.1 Å². The van der Waals surface area contributed by atoms with E-state index < -0.39 is 4.92 Å². The molecule has 6 aromatic rings. The first kappa shape index (κ1) is 28.3. The van der Waals surface area contributed by atoms with Crippen molar-refractivity contribution in [3.8, 4) is 34.2 Å². The maximum atomic E-state index is 13.4. The van der Waals surface area contributed by atoms with Gasteiger partial charge in [-0.25, -0.2) is 4.68 Å². The topological polar surface area (TPSA) is 136 Å². The molecule has 0 saturated heterocycles. The molecule has 0 bridgehead atoms. The highest BCUT2D eigenvalue weighted by Gasteiger charge is 2.20. The summed E-state index contributed by atoms with van der Waals surface area (Å²) in [5.74, 6) is 1.72. The first-order valence-electron chi connectivity index (χ1n) is 13.2. The Kier molecular flexibility index (Phi) is 7.60. The predicted molar refractivity (Wildman–Crippen MR) is 167 cm³/mol. The van der Waals surface area contributed by atoms with Crippen molar-refractivity contribution in [3.63, 3.8) is 0 Å². The Morgan fingerprint density at radius 1 is 0.886 bits per heavy atom. The van der Waals surface area contributed by atoms with Crippen LogP contribution in [0.4, 0.5) is 5.69 Å². The van der Waals surface area contributed by atoms with Crippen molar-refractivity contribution >= 4 is 40.2 Å². The van der Waals surface area contributed by atoms with Crippen LogP contribution in [0.2, 0.25) is 0 Å². The maximum absolute atomic E-state index is 13.4. The smallest absolute Gasteiger partial charge is 0.311 e. The molecule has 13 heteroatoms. The number of rotatable bonds is 9. The molecule has 3 heterocycles. The third kappa shape index (κ3) is 5.39. The molecule has 12 nitrogen and oxygen atoms in total. The van der Waals surface area contributed by atoms with E-state index in [0.717, 1.165) is 11.3 Å². The van der Waals surface area contributed by atoms with Crippen LogP contribution in [0, 0.1) is 10.1 Å². The highest BCUT2D eigenvalue weighted by atomic mass is 32.1. The Morgan fingerprint density at radius 2 is 1.64 bits per heavy atom. The fourth-order valence-electron chi connectivity index (χ4n) is 4.60. The van der Waals surface area contributed by atoms with Crippen LogP contribution in [0.1, 0.15) is 17.0 Å². The minimum Gasteiger partial charge on any atom is -0.493 e. The fourth-order valence-corrected chi connectivity index (χ4v) is 5.50. The van der Waals surface area contributed by atoms with Crippen LogP contribution >= 0.6 is 11.3 Å². The highest BCUT2D eigenvalue weighted by molar-refractivity contribution is 7.15. The van der Waals surface area contributed by atoms with E-state index in [-0.39, 0.29) is 17.0 Å². The van der Waals surface area contributed by atoms with Gasteiger partial charge in [-0.3, -0.25) is 14.9 Å². The summed E-state index contributed by atoms with van der Waals surface area (Å²) in [5.41, 5.74) is 2.63. The lowest BCUT2D eigenvalue weighted by molar-refractivity contribution is -0.385. The van der Waals surface area contributed by atoms with Crippen molar-refractivity contribution in [2.75, 3.05) is 21.3 Å². The van der Waals surface area contributed by atoms with Crippen molar-refractivity contribution in [3.05, 3.63) is 115 Å². The second-order valence-corrected chi connectivity index (χ2v) is 10.4. The standard InChI is InChI=1S/C31H24N6O6S/c1-41-24-13-11-20(16-23(24)37(39)40)29-21(18-35(34-29)22-7-5-4-6-8-22)17-27-30(38)36-31(44-27)32-28(33-36)14-10-19-9-12-25(42-2)26(15-19)43-3/h4-18H,1-3H3/b14-10+,27-17-. The lowest BCUT2D eigenvalue weighted by Gasteiger charge is -2.07.